The standard InChI is InChI=1S/C14H20N2O3/c17-13(18)11-6-5-7-12(16-11)15-10-14(19)8-3-1-2-4-9-14/h5-7,19H,1-4,8-10H2,(H,15,16)(H,17,18). The lowest BCUT2D eigenvalue weighted by atomic mass is 9.94. The molecule has 0 unspecified atom stereocenters. The highest BCUT2D eigenvalue weighted by molar-refractivity contribution is 5.85. The van der Waals surface area contributed by atoms with Gasteiger partial charge in [-0.3, -0.25) is 0 Å². The number of aliphatic hydroxyl groups is 1. The molecule has 0 amide bonds. The number of hydrogen-bond donors (Lipinski definition) is 3. The number of carboxylic acids is 1. The molecule has 0 aliphatic heterocycles. The van der Waals surface area contributed by atoms with E-state index in [2.05, 4.69) is 10.3 Å². The predicted octanol–water partition coefficient (Wildman–Crippen LogP) is 2.28. The van der Waals surface area contributed by atoms with Crippen LogP contribution in [0.5, 0.6) is 0 Å². The largest absolute Gasteiger partial charge is 0.477 e. The van der Waals surface area contributed by atoms with Crippen LogP contribution in [0.3, 0.4) is 0 Å². The Morgan fingerprint density at radius 2 is 1.95 bits per heavy atom. The lowest BCUT2D eigenvalue weighted by Crippen LogP contribution is -2.36. The van der Waals surface area contributed by atoms with Crippen molar-refractivity contribution in [3.05, 3.63) is 23.9 Å². The van der Waals surface area contributed by atoms with E-state index in [-0.39, 0.29) is 5.69 Å². The first-order chi connectivity index (χ1) is 9.09. The van der Waals surface area contributed by atoms with Gasteiger partial charge in [0.1, 0.15) is 5.82 Å². The zero-order chi connectivity index (χ0) is 13.7. The third kappa shape index (κ3) is 3.92. The summed E-state index contributed by atoms with van der Waals surface area (Å²) in [4.78, 5) is 14.8. The van der Waals surface area contributed by atoms with Gasteiger partial charge in [0.05, 0.1) is 5.60 Å². The first kappa shape index (κ1) is 13.8. The summed E-state index contributed by atoms with van der Waals surface area (Å²) in [6.45, 7) is 0.420. The summed E-state index contributed by atoms with van der Waals surface area (Å²) in [6.07, 6.45) is 6.02. The number of nitrogens with one attached hydrogen (secondary N) is 1. The lowest BCUT2D eigenvalue weighted by Gasteiger charge is -2.27. The Labute approximate surface area is 112 Å². The van der Waals surface area contributed by atoms with Gasteiger partial charge in [-0.15, -0.1) is 0 Å². The van der Waals surface area contributed by atoms with Crippen molar-refractivity contribution >= 4 is 11.8 Å². The smallest absolute Gasteiger partial charge is 0.354 e. The highest BCUT2D eigenvalue weighted by Crippen LogP contribution is 2.27. The predicted molar refractivity (Wildman–Crippen MR) is 72.3 cm³/mol. The number of carboxylic acid groups (broad SMARTS) is 1. The molecule has 104 valence electrons. The fourth-order valence-electron chi connectivity index (χ4n) is 2.47. The zero-order valence-electron chi connectivity index (χ0n) is 10.9. The van der Waals surface area contributed by atoms with Gasteiger partial charge >= 0.3 is 5.97 Å². The third-order valence-electron chi connectivity index (χ3n) is 3.60. The molecule has 1 aromatic rings. The van der Waals surface area contributed by atoms with Crippen molar-refractivity contribution < 1.29 is 15.0 Å². The molecular formula is C14H20N2O3. The Kier molecular flexibility index (Phi) is 4.37. The van der Waals surface area contributed by atoms with Crippen LogP contribution in [0.15, 0.2) is 18.2 Å². The molecule has 0 saturated heterocycles. The molecule has 1 aliphatic rings. The van der Waals surface area contributed by atoms with Crippen molar-refractivity contribution in [1.82, 2.24) is 4.98 Å². The molecule has 0 radical (unpaired) electrons. The summed E-state index contributed by atoms with van der Waals surface area (Å²) in [6, 6.07) is 4.82. The Hall–Kier alpha value is -1.62. The van der Waals surface area contributed by atoms with E-state index >= 15 is 0 Å². The second-order valence-corrected chi connectivity index (χ2v) is 5.21. The minimum atomic E-state index is -1.04. The molecular weight excluding hydrogens is 244 g/mol. The molecule has 19 heavy (non-hydrogen) atoms. The molecule has 1 saturated carbocycles. The fourth-order valence-corrected chi connectivity index (χ4v) is 2.47. The molecule has 1 aliphatic carbocycles. The summed E-state index contributed by atoms with van der Waals surface area (Å²) in [7, 11) is 0. The van der Waals surface area contributed by atoms with Crippen LogP contribution in [0.1, 0.15) is 49.0 Å². The first-order valence-corrected chi connectivity index (χ1v) is 6.76. The topological polar surface area (TPSA) is 82.5 Å². The van der Waals surface area contributed by atoms with Crippen LogP contribution >= 0.6 is 0 Å². The number of aromatic nitrogens is 1. The van der Waals surface area contributed by atoms with Crippen LogP contribution in [-0.4, -0.2) is 33.3 Å². The quantitative estimate of drug-likeness (QED) is 0.727. The Bertz CT molecular complexity index is 440. The number of anilines is 1. The average molecular weight is 264 g/mol. The molecule has 0 bridgehead atoms. The number of aromatic carboxylic acids is 1. The zero-order valence-corrected chi connectivity index (χ0v) is 10.9. The maximum atomic E-state index is 10.8. The Balaban J connectivity index is 1.97. The van der Waals surface area contributed by atoms with Gasteiger partial charge in [-0.25, -0.2) is 9.78 Å². The molecule has 2 rings (SSSR count). The summed E-state index contributed by atoms with van der Waals surface area (Å²) < 4.78 is 0. The van der Waals surface area contributed by atoms with Crippen molar-refractivity contribution in [3.8, 4) is 0 Å². The van der Waals surface area contributed by atoms with Crippen molar-refractivity contribution in [1.29, 1.82) is 0 Å². The molecule has 3 N–H and O–H groups in total. The first-order valence-electron chi connectivity index (χ1n) is 6.76. The molecule has 0 atom stereocenters. The number of hydrogen-bond acceptors (Lipinski definition) is 4. The molecule has 1 aromatic heterocycles. The summed E-state index contributed by atoms with van der Waals surface area (Å²) in [5.74, 6) is -0.547. The molecule has 5 nitrogen and oxygen atoms in total. The van der Waals surface area contributed by atoms with Crippen molar-refractivity contribution in [2.45, 2.75) is 44.1 Å². The summed E-state index contributed by atoms with van der Waals surface area (Å²) in [5, 5.41) is 22.4. The second kappa shape index (κ2) is 6.02. The van der Waals surface area contributed by atoms with Gasteiger partial charge in [0.2, 0.25) is 0 Å². The van der Waals surface area contributed by atoms with E-state index in [0.717, 1.165) is 25.7 Å². The second-order valence-electron chi connectivity index (χ2n) is 5.21. The number of nitrogens with zero attached hydrogens (tertiary/aromatic N) is 1. The van der Waals surface area contributed by atoms with Crippen LogP contribution in [0.2, 0.25) is 0 Å². The van der Waals surface area contributed by atoms with Crippen LogP contribution in [0, 0.1) is 0 Å². The third-order valence-corrected chi connectivity index (χ3v) is 3.60. The molecule has 5 heteroatoms. The molecule has 1 fully saturated rings. The normalized spacial score (nSPS) is 18.6. The van der Waals surface area contributed by atoms with Crippen LogP contribution in [-0.2, 0) is 0 Å². The van der Waals surface area contributed by atoms with Gasteiger partial charge in [-0.2, -0.15) is 0 Å². The summed E-state index contributed by atoms with van der Waals surface area (Å²) >= 11 is 0. The highest BCUT2D eigenvalue weighted by atomic mass is 16.4. The van der Waals surface area contributed by atoms with Gasteiger partial charge < -0.3 is 15.5 Å². The van der Waals surface area contributed by atoms with Crippen LogP contribution in [0.4, 0.5) is 5.82 Å². The maximum absolute atomic E-state index is 10.8. The minimum Gasteiger partial charge on any atom is -0.477 e. The van der Waals surface area contributed by atoms with E-state index in [1.54, 1.807) is 12.1 Å². The number of carbonyl (C=O) groups is 1. The lowest BCUT2D eigenvalue weighted by molar-refractivity contribution is 0.0380. The molecule has 1 heterocycles. The van der Waals surface area contributed by atoms with Gasteiger partial charge in [0, 0.05) is 6.54 Å². The maximum Gasteiger partial charge on any atom is 0.354 e. The number of pyridine rings is 1. The van der Waals surface area contributed by atoms with Gasteiger partial charge in [-0.1, -0.05) is 31.7 Å². The molecule has 0 aromatic carbocycles. The summed E-state index contributed by atoms with van der Waals surface area (Å²) in [5.41, 5.74) is -0.685. The fraction of sp³-hybridized carbons (Fsp3) is 0.571. The van der Waals surface area contributed by atoms with Gasteiger partial charge in [0.25, 0.3) is 0 Å². The van der Waals surface area contributed by atoms with Crippen molar-refractivity contribution in [2.24, 2.45) is 0 Å². The number of rotatable bonds is 4. The average Bonchev–Trinajstić information content (AvgIpc) is 2.62. The van der Waals surface area contributed by atoms with E-state index in [9.17, 15) is 9.90 Å². The Morgan fingerprint density at radius 3 is 2.58 bits per heavy atom. The van der Waals surface area contributed by atoms with Crippen molar-refractivity contribution in [3.63, 3.8) is 0 Å². The Morgan fingerprint density at radius 1 is 1.26 bits per heavy atom. The van der Waals surface area contributed by atoms with Gasteiger partial charge in [0.15, 0.2) is 5.69 Å². The van der Waals surface area contributed by atoms with E-state index < -0.39 is 11.6 Å². The van der Waals surface area contributed by atoms with Crippen LogP contribution < -0.4 is 5.32 Å². The monoisotopic (exact) mass is 264 g/mol. The minimum absolute atomic E-state index is 0.0119. The van der Waals surface area contributed by atoms with Gasteiger partial charge in [-0.05, 0) is 25.0 Å². The van der Waals surface area contributed by atoms with E-state index in [0.29, 0.717) is 12.4 Å². The van der Waals surface area contributed by atoms with E-state index in [1.165, 1.54) is 18.9 Å². The molecule has 0 spiro atoms. The van der Waals surface area contributed by atoms with E-state index in [4.69, 9.17) is 5.11 Å². The van der Waals surface area contributed by atoms with Crippen molar-refractivity contribution in [2.75, 3.05) is 11.9 Å². The van der Waals surface area contributed by atoms with E-state index in [1.807, 2.05) is 0 Å². The van der Waals surface area contributed by atoms with Crippen LogP contribution in [0.25, 0.3) is 0 Å². The highest BCUT2D eigenvalue weighted by Gasteiger charge is 2.27. The SMILES string of the molecule is O=C(O)c1cccc(NCC2(O)CCCCCC2)n1.